The average molecular weight is 409 g/mol. The van der Waals surface area contributed by atoms with Gasteiger partial charge in [-0.1, -0.05) is 25.7 Å². The highest BCUT2D eigenvalue weighted by Gasteiger charge is 2.25. The van der Waals surface area contributed by atoms with E-state index in [1.54, 1.807) is 0 Å². The number of carbonyl (C=O) groups excluding carboxylic acids is 1. The molecule has 2 aliphatic rings. The Kier molecular flexibility index (Phi) is 7.39. The van der Waals surface area contributed by atoms with Crippen molar-refractivity contribution in [3.63, 3.8) is 0 Å². The van der Waals surface area contributed by atoms with Crippen LogP contribution in [0.1, 0.15) is 45.6 Å². The van der Waals surface area contributed by atoms with Crippen molar-refractivity contribution in [1.29, 1.82) is 0 Å². The van der Waals surface area contributed by atoms with Crippen LogP contribution in [-0.2, 0) is 9.53 Å². The molecule has 1 aliphatic carbocycles. The predicted molar refractivity (Wildman–Crippen MR) is 121 cm³/mol. The zero-order valence-electron chi connectivity index (χ0n) is 18.2. The molecule has 1 N–H and O–H groups in total. The molecule has 1 heterocycles. The first kappa shape index (κ1) is 21.8. The van der Waals surface area contributed by atoms with Gasteiger partial charge in [-0.05, 0) is 55.3 Å². The lowest BCUT2D eigenvalue weighted by molar-refractivity contribution is -0.117. The SMILES string of the molecule is C=C(NC(C)=O)c1ccc(OC2CCN(C3=CC=CCC(OC(C)CC)=C3)C2)cc1. The number of hydrogen-bond donors (Lipinski definition) is 1. The number of allylic oxidation sites excluding steroid dienone is 4. The van der Waals surface area contributed by atoms with Gasteiger partial charge in [-0.3, -0.25) is 4.79 Å². The minimum atomic E-state index is -0.124. The van der Waals surface area contributed by atoms with Gasteiger partial charge in [-0.15, -0.1) is 0 Å². The van der Waals surface area contributed by atoms with Gasteiger partial charge in [0.1, 0.15) is 17.6 Å². The molecule has 1 fully saturated rings. The van der Waals surface area contributed by atoms with Crippen LogP contribution in [0.3, 0.4) is 0 Å². The van der Waals surface area contributed by atoms with E-state index in [0.29, 0.717) is 5.70 Å². The Hall–Kier alpha value is -2.95. The molecule has 5 nitrogen and oxygen atoms in total. The van der Waals surface area contributed by atoms with E-state index in [-0.39, 0.29) is 18.1 Å². The first-order valence-corrected chi connectivity index (χ1v) is 10.7. The number of nitrogens with zero attached hydrogens (tertiary/aromatic N) is 1. The van der Waals surface area contributed by atoms with Crippen molar-refractivity contribution in [2.75, 3.05) is 13.1 Å². The molecule has 0 aromatic heterocycles. The van der Waals surface area contributed by atoms with E-state index in [0.717, 1.165) is 49.4 Å². The molecule has 160 valence electrons. The third-order valence-electron chi connectivity index (χ3n) is 5.30. The first-order chi connectivity index (χ1) is 14.4. The van der Waals surface area contributed by atoms with E-state index in [2.05, 4.69) is 54.9 Å². The van der Waals surface area contributed by atoms with Crippen LogP contribution in [0.4, 0.5) is 0 Å². The minimum Gasteiger partial charge on any atom is -0.495 e. The number of carbonyl (C=O) groups is 1. The van der Waals surface area contributed by atoms with Gasteiger partial charge in [-0.25, -0.2) is 0 Å². The fraction of sp³-hybridized carbons (Fsp3) is 0.400. The van der Waals surface area contributed by atoms with Crippen molar-refractivity contribution < 1.29 is 14.3 Å². The number of rotatable bonds is 8. The normalized spacial score (nSPS) is 19.4. The molecule has 5 heteroatoms. The van der Waals surface area contributed by atoms with Gasteiger partial charge in [0.25, 0.3) is 0 Å². The highest BCUT2D eigenvalue weighted by atomic mass is 16.5. The second kappa shape index (κ2) is 10.2. The third-order valence-corrected chi connectivity index (χ3v) is 5.30. The molecule has 1 saturated heterocycles. The van der Waals surface area contributed by atoms with Crippen LogP contribution in [0, 0.1) is 0 Å². The first-order valence-electron chi connectivity index (χ1n) is 10.7. The second-order valence-electron chi connectivity index (χ2n) is 7.83. The summed E-state index contributed by atoms with van der Waals surface area (Å²) in [5.74, 6) is 1.72. The molecular weight excluding hydrogens is 376 g/mol. The van der Waals surface area contributed by atoms with Crippen molar-refractivity contribution in [2.24, 2.45) is 0 Å². The van der Waals surface area contributed by atoms with Gasteiger partial charge in [0, 0.05) is 37.7 Å². The summed E-state index contributed by atoms with van der Waals surface area (Å²) in [5, 5.41) is 2.71. The number of benzene rings is 1. The van der Waals surface area contributed by atoms with E-state index < -0.39 is 0 Å². The summed E-state index contributed by atoms with van der Waals surface area (Å²) in [6.45, 7) is 11.4. The molecule has 30 heavy (non-hydrogen) atoms. The Morgan fingerprint density at radius 3 is 2.80 bits per heavy atom. The van der Waals surface area contributed by atoms with E-state index in [1.165, 1.54) is 12.6 Å². The van der Waals surface area contributed by atoms with Gasteiger partial charge >= 0.3 is 0 Å². The summed E-state index contributed by atoms with van der Waals surface area (Å²) in [7, 11) is 0. The van der Waals surface area contributed by atoms with Crippen molar-refractivity contribution in [2.45, 2.75) is 52.2 Å². The minimum absolute atomic E-state index is 0.124. The van der Waals surface area contributed by atoms with Crippen LogP contribution in [-0.4, -0.2) is 36.1 Å². The van der Waals surface area contributed by atoms with Gasteiger partial charge in [0.15, 0.2) is 0 Å². The molecule has 1 amide bonds. The quantitative estimate of drug-likeness (QED) is 0.672. The zero-order chi connectivity index (χ0) is 21.5. The standard InChI is InChI=1S/C25H32N2O3/c1-5-18(2)29-24-9-7-6-8-22(16-24)27-15-14-25(17-27)30-23-12-10-21(11-13-23)19(3)26-20(4)28/h6-8,10-13,16,18,25H,3,5,9,14-15,17H2,1-2,4H3,(H,26,28). The van der Waals surface area contributed by atoms with Gasteiger partial charge in [0.2, 0.25) is 5.91 Å². The van der Waals surface area contributed by atoms with Crippen LogP contribution in [0.15, 0.2) is 66.6 Å². The second-order valence-corrected chi connectivity index (χ2v) is 7.83. The molecule has 3 rings (SSSR count). The number of amides is 1. The highest BCUT2D eigenvalue weighted by molar-refractivity contribution is 5.84. The van der Waals surface area contributed by atoms with Crippen LogP contribution < -0.4 is 10.1 Å². The lowest BCUT2D eigenvalue weighted by atomic mass is 10.1. The van der Waals surface area contributed by atoms with E-state index in [4.69, 9.17) is 9.47 Å². The molecule has 1 aromatic rings. The van der Waals surface area contributed by atoms with Crippen molar-refractivity contribution in [1.82, 2.24) is 10.2 Å². The fourth-order valence-corrected chi connectivity index (χ4v) is 3.51. The predicted octanol–water partition coefficient (Wildman–Crippen LogP) is 4.79. The molecule has 0 bridgehead atoms. The summed E-state index contributed by atoms with van der Waals surface area (Å²) >= 11 is 0. The zero-order valence-corrected chi connectivity index (χ0v) is 18.2. The number of hydrogen-bond acceptors (Lipinski definition) is 4. The lowest BCUT2D eigenvalue weighted by Crippen LogP contribution is -2.24. The Bertz CT molecular complexity index is 852. The monoisotopic (exact) mass is 408 g/mol. The number of nitrogens with one attached hydrogen (secondary N) is 1. The Labute approximate surface area is 179 Å². The maximum atomic E-state index is 11.2. The van der Waals surface area contributed by atoms with E-state index in [9.17, 15) is 4.79 Å². The summed E-state index contributed by atoms with van der Waals surface area (Å²) in [6, 6.07) is 7.69. The third kappa shape index (κ3) is 6.02. The Balaban J connectivity index is 1.58. The van der Waals surface area contributed by atoms with Crippen LogP contribution in [0.2, 0.25) is 0 Å². The van der Waals surface area contributed by atoms with Gasteiger partial charge in [0.05, 0.1) is 12.6 Å². The van der Waals surface area contributed by atoms with Crippen molar-refractivity contribution >= 4 is 11.6 Å². The van der Waals surface area contributed by atoms with Crippen molar-refractivity contribution in [3.05, 3.63) is 72.2 Å². The largest absolute Gasteiger partial charge is 0.495 e. The highest BCUT2D eigenvalue weighted by Crippen LogP contribution is 2.25. The van der Waals surface area contributed by atoms with Crippen LogP contribution >= 0.6 is 0 Å². The molecular formula is C25H32N2O3. The summed E-state index contributed by atoms with van der Waals surface area (Å²) in [4.78, 5) is 13.5. The molecule has 1 aliphatic heterocycles. The number of likely N-dealkylation sites (tertiary alicyclic amines) is 1. The van der Waals surface area contributed by atoms with E-state index in [1.807, 2.05) is 24.3 Å². The molecule has 1 aromatic carbocycles. The Morgan fingerprint density at radius 2 is 2.10 bits per heavy atom. The summed E-state index contributed by atoms with van der Waals surface area (Å²) < 4.78 is 12.3. The molecule has 0 saturated carbocycles. The smallest absolute Gasteiger partial charge is 0.221 e. The maximum absolute atomic E-state index is 11.2. The maximum Gasteiger partial charge on any atom is 0.221 e. The number of ether oxygens (including phenoxy) is 2. The fourth-order valence-electron chi connectivity index (χ4n) is 3.51. The van der Waals surface area contributed by atoms with Gasteiger partial charge in [-0.2, -0.15) is 0 Å². The molecule has 2 atom stereocenters. The molecule has 0 spiro atoms. The Morgan fingerprint density at radius 1 is 1.33 bits per heavy atom. The van der Waals surface area contributed by atoms with Crippen LogP contribution in [0.5, 0.6) is 5.75 Å². The van der Waals surface area contributed by atoms with E-state index >= 15 is 0 Å². The molecule has 2 unspecified atom stereocenters. The van der Waals surface area contributed by atoms with Crippen LogP contribution in [0.25, 0.3) is 5.70 Å². The summed E-state index contributed by atoms with van der Waals surface area (Å²) in [5.41, 5.74) is 2.65. The topological polar surface area (TPSA) is 50.8 Å². The summed E-state index contributed by atoms with van der Waals surface area (Å²) in [6.07, 6.45) is 11.7. The molecule has 0 radical (unpaired) electrons. The van der Waals surface area contributed by atoms with Crippen molar-refractivity contribution in [3.8, 4) is 5.75 Å². The lowest BCUT2D eigenvalue weighted by Gasteiger charge is -2.21. The average Bonchev–Trinajstić information content (AvgIpc) is 3.05. The van der Waals surface area contributed by atoms with Gasteiger partial charge < -0.3 is 19.7 Å².